The Morgan fingerprint density at radius 3 is 2.93 bits per heavy atom. The van der Waals surface area contributed by atoms with Gasteiger partial charge in [0.25, 0.3) is 0 Å². The maximum Gasteiger partial charge on any atom is 0.137 e. The molecule has 0 aromatic heterocycles. The highest BCUT2D eigenvalue weighted by Gasteiger charge is 2.02. The van der Waals surface area contributed by atoms with Crippen LogP contribution in [-0.2, 0) is 0 Å². The van der Waals surface area contributed by atoms with E-state index in [1.54, 1.807) is 25.1 Å². The molecule has 0 bridgehead atoms. The lowest BCUT2D eigenvalue weighted by atomic mass is 10.2. The molecule has 1 rings (SSSR count). The Bertz CT molecular complexity index is 435. The Kier molecular flexibility index (Phi) is 4.06. The van der Waals surface area contributed by atoms with Crippen LogP contribution in [0.3, 0.4) is 0 Å². The molecule has 0 aliphatic rings. The van der Waals surface area contributed by atoms with E-state index in [2.05, 4.69) is 11.8 Å². The summed E-state index contributed by atoms with van der Waals surface area (Å²) in [5.74, 6) is 6.22. The molecule has 1 aromatic carbocycles. The van der Waals surface area contributed by atoms with Crippen LogP contribution >= 0.6 is 0 Å². The molecule has 0 aliphatic heterocycles. The molecule has 2 N–H and O–H groups in total. The zero-order valence-electron chi connectivity index (χ0n) is 8.58. The monoisotopic (exact) mass is 200 g/mol. The highest BCUT2D eigenvalue weighted by atomic mass is 16.5. The summed E-state index contributed by atoms with van der Waals surface area (Å²) in [5.41, 5.74) is 6.57. The van der Waals surface area contributed by atoms with Crippen LogP contribution in [0.25, 0.3) is 0 Å². The first-order chi connectivity index (χ1) is 7.27. The number of nitriles is 1. The van der Waals surface area contributed by atoms with E-state index in [0.717, 1.165) is 0 Å². The van der Waals surface area contributed by atoms with Crippen molar-refractivity contribution >= 4 is 5.69 Å². The summed E-state index contributed by atoms with van der Waals surface area (Å²) in [4.78, 5) is 0. The average molecular weight is 200 g/mol. The quantitative estimate of drug-likeness (QED) is 0.460. The number of ether oxygens (including phenoxy) is 1. The first-order valence-electron chi connectivity index (χ1n) is 4.60. The fourth-order valence-electron chi connectivity index (χ4n) is 1.10. The lowest BCUT2D eigenvalue weighted by Crippen LogP contribution is -1.98. The van der Waals surface area contributed by atoms with Crippen LogP contribution in [0.1, 0.15) is 18.9 Å². The number of nitrogens with zero attached hydrogens (tertiary/aromatic N) is 1. The summed E-state index contributed by atoms with van der Waals surface area (Å²) in [6.07, 6.45) is 0.658. The van der Waals surface area contributed by atoms with E-state index in [4.69, 9.17) is 15.7 Å². The van der Waals surface area contributed by atoms with E-state index in [0.29, 0.717) is 30.0 Å². The van der Waals surface area contributed by atoms with Gasteiger partial charge in [0.1, 0.15) is 11.8 Å². The van der Waals surface area contributed by atoms with Gasteiger partial charge in [0, 0.05) is 12.1 Å². The van der Waals surface area contributed by atoms with Crippen molar-refractivity contribution in [1.82, 2.24) is 0 Å². The first kappa shape index (κ1) is 10.9. The van der Waals surface area contributed by atoms with Crippen molar-refractivity contribution in [2.75, 3.05) is 12.3 Å². The Morgan fingerprint density at radius 1 is 1.47 bits per heavy atom. The van der Waals surface area contributed by atoms with Crippen molar-refractivity contribution in [2.45, 2.75) is 13.3 Å². The smallest absolute Gasteiger partial charge is 0.137 e. The van der Waals surface area contributed by atoms with Gasteiger partial charge in [0.2, 0.25) is 0 Å². The summed E-state index contributed by atoms with van der Waals surface area (Å²) in [6.45, 7) is 2.27. The number of hydrogen-bond donors (Lipinski definition) is 1. The van der Waals surface area contributed by atoms with Crippen molar-refractivity contribution < 1.29 is 4.74 Å². The van der Waals surface area contributed by atoms with Gasteiger partial charge in [-0.1, -0.05) is 0 Å². The fourth-order valence-corrected chi connectivity index (χ4v) is 1.10. The Labute approximate surface area is 89.5 Å². The summed E-state index contributed by atoms with van der Waals surface area (Å²) in [5, 5.41) is 8.83. The highest BCUT2D eigenvalue weighted by Crippen LogP contribution is 2.20. The third kappa shape index (κ3) is 3.25. The van der Waals surface area contributed by atoms with E-state index in [9.17, 15) is 0 Å². The Morgan fingerprint density at radius 2 is 2.27 bits per heavy atom. The second kappa shape index (κ2) is 5.57. The molecule has 0 radical (unpaired) electrons. The van der Waals surface area contributed by atoms with Gasteiger partial charge in [-0.2, -0.15) is 5.26 Å². The van der Waals surface area contributed by atoms with Crippen molar-refractivity contribution in [1.29, 1.82) is 5.26 Å². The van der Waals surface area contributed by atoms with Crippen LogP contribution in [0.4, 0.5) is 5.69 Å². The molecule has 0 spiro atoms. The lowest BCUT2D eigenvalue weighted by molar-refractivity contribution is 0.326. The van der Waals surface area contributed by atoms with Crippen LogP contribution in [-0.4, -0.2) is 6.61 Å². The number of rotatable bonds is 3. The van der Waals surface area contributed by atoms with Gasteiger partial charge in [0.05, 0.1) is 12.2 Å². The summed E-state index contributed by atoms with van der Waals surface area (Å²) in [7, 11) is 0. The second-order valence-corrected chi connectivity index (χ2v) is 2.89. The number of anilines is 1. The van der Waals surface area contributed by atoms with Crippen LogP contribution < -0.4 is 10.5 Å². The number of nitrogens with two attached hydrogens (primary N) is 1. The number of hydrogen-bond acceptors (Lipinski definition) is 3. The SMILES string of the molecule is CC#CCCOc1ccc(N)cc1C#N. The highest BCUT2D eigenvalue weighted by molar-refractivity contribution is 5.53. The molecular formula is C12H12N2O. The molecule has 0 heterocycles. The van der Waals surface area contributed by atoms with E-state index < -0.39 is 0 Å². The summed E-state index contributed by atoms with van der Waals surface area (Å²) >= 11 is 0. The molecule has 0 unspecified atom stereocenters. The molecule has 1 aromatic rings. The molecule has 0 saturated carbocycles. The largest absolute Gasteiger partial charge is 0.491 e. The molecule has 3 nitrogen and oxygen atoms in total. The molecule has 0 aliphatic carbocycles. The predicted molar refractivity (Wildman–Crippen MR) is 59.1 cm³/mol. The van der Waals surface area contributed by atoms with Crippen molar-refractivity contribution in [2.24, 2.45) is 0 Å². The van der Waals surface area contributed by atoms with E-state index >= 15 is 0 Å². The molecule has 0 amide bonds. The molecule has 0 fully saturated rings. The van der Waals surface area contributed by atoms with Crippen molar-refractivity contribution in [3.05, 3.63) is 23.8 Å². The molecule has 76 valence electrons. The Hall–Kier alpha value is -2.13. The maximum absolute atomic E-state index is 8.83. The van der Waals surface area contributed by atoms with E-state index in [-0.39, 0.29) is 0 Å². The second-order valence-electron chi connectivity index (χ2n) is 2.89. The summed E-state index contributed by atoms with van der Waals surface area (Å²) < 4.78 is 5.40. The lowest BCUT2D eigenvalue weighted by Gasteiger charge is -2.06. The third-order valence-electron chi connectivity index (χ3n) is 1.79. The van der Waals surface area contributed by atoms with Gasteiger partial charge in [-0.05, 0) is 25.1 Å². The van der Waals surface area contributed by atoms with Crippen LogP contribution in [0.15, 0.2) is 18.2 Å². The molecule has 0 atom stereocenters. The maximum atomic E-state index is 8.83. The molecule has 15 heavy (non-hydrogen) atoms. The van der Waals surface area contributed by atoms with Gasteiger partial charge in [-0.25, -0.2) is 0 Å². The third-order valence-corrected chi connectivity index (χ3v) is 1.79. The van der Waals surface area contributed by atoms with E-state index in [1.165, 1.54) is 0 Å². The van der Waals surface area contributed by atoms with E-state index in [1.807, 2.05) is 6.07 Å². The van der Waals surface area contributed by atoms with Crippen LogP contribution in [0.5, 0.6) is 5.75 Å². The van der Waals surface area contributed by atoms with Gasteiger partial charge >= 0.3 is 0 Å². The average Bonchev–Trinajstić information content (AvgIpc) is 2.26. The van der Waals surface area contributed by atoms with Crippen molar-refractivity contribution in [3.8, 4) is 23.7 Å². The van der Waals surface area contributed by atoms with Crippen LogP contribution in [0, 0.1) is 23.2 Å². The Balaban J connectivity index is 2.67. The van der Waals surface area contributed by atoms with Gasteiger partial charge in [0.15, 0.2) is 0 Å². The molecule has 0 saturated heterocycles. The minimum absolute atomic E-state index is 0.458. The predicted octanol–water partition coefficient (Wildman–Crippen LogP) is 1.93. The zero-order valence-corrected chi connectivity index (χ0v) is 8.58. The van der Waals surface area contributed by atoms with Crippen molar-refractivity contribution in [3.63, 3.8) is 0 Å². The number of nitrogen functional groups attached to an aromatic ring is 1. The zero-order chi connectivity index (χ0) is 11.1. The van der Waals surface area contributed by atoms with Gasteiger partial charge in [-0.3, -0.25) is 0 Å². The standard InChI is InChI=1S/C12H12N2O/c1-2-3-4-7-15-12-6-5-11(14)8-10(12)9-13/h5-6,8H,4,7,14H2,1H3. The fraction of sp³-hybridized carbons (Fsp3) is 0.250. The van der Waals surface area contributed by atoms with Crippen LogP contribution in [0.2, 0.25) is 0 Å². The first-order valence-corrected chi connectivity index (χ1v) is 4.60. The number of benzene rings is 1. The van der Waals surface area contributed by atoms with Gasteiger partial charge < -0.3 is 10.5 Å². The minimum Gasteiger partial charge on any atom is -0.491 e. The van der Waals surface area contributed by atoms with Gasteiger partial charge in [-0.15, -0.1) is 11.8 Å². The minimum atomic E-state index is 0.458. The molecule has 3 heteroatoms. The topological polar surface area (TPSA) is 59.0 Å². The normalized spacial score (nSPS) is 8.53. The molecular weight excluding hydrogens is 188 g/mol. The summed E-state index contributed by atoms with van der Waals surface area (Å²) in [6, 6.07) is 7.05.